The van der Waals surface area contributed by atoms with E-state index in [9.17, 15) is 0 Å². The van der Waals surface area contributed by atoms with Crippen molar-refractivity contribution < 1.29 is 4.74 Å². The Hall–Kier alpha value is -0.0800. The van der Waals surface area contributed by atoms with Gasteiger partial charge >= 0.3 is 0 Å². The van der Waals surface area contributed by atoms with E-state index in [4.69, 9.17) is 4.74 Å². The fraction of sp³-hybridized carbons (Fsp3) is 1.00. The number of hydrogen-bond donors (Lipinski definition) is 1. The molecular weight excluding hydrogens is 186 g/mol. The van der Waals surface area contributed by atoms with Gasteiger partial charge in [-0.15, -0.1) is 0 Å². The molecule has 2 heterocycles. The zero-order valence-corrected chi connectivity index (χ0v) is 10.2. The van der Waals surface area contributed by atoms with Crippen molar-refractivity contribution in [1.29, 1.82) is 0 Å². The molecule has 0 radical (unpaired) electrons. The minimum Gasteiger partial charge on any atom is -0.381 e. The predicted molar refractivity (Wildman–Crippen MR) is 63.0 cm³/mol. The molecule has 2 unspecified atom stereocenters. The third-order valence-corrected chi connectivity index (χ3v) is 4.29. The van der Waals surface area contributed by atoms with Crippen molar-refractivity contribution >= 4 is 0 Å². The van der Waals surface area contributed by atoms with Crippen molar-refractivity contribution in [1.82, 2.24) is 5.32 Å². The average Bonchev–Trinajstić information content (AvgIpc) is 2.69. The molecule has 0 saturated carbocycles. The molecule has 1 N–H and O–H groups in total. The van der Waals surface area contributed by atoms with Crippen LogP contribution in [0, 0.1) is 11.8 Å². The average molecular weight is 211 g/mol. The van der Waals surface area contributed by atoms with Gasteiger partial charge in [-0.1, -0.05) is 13.8 Å². The van der Waals surface area contributed by atoms with Crippen LogP contribution in [0.15, 0.2) is 0 Å². The molecule has 0 aromatic carbocycles. The Morgan fingerprint density at radius 3 is 2.80 bits per heavy atom. The molecule has 88 valence electrons. The molecule has 2 rings (SSSR count). The highest BCUT2D eigenvalue weighted by molar-refractivity contribution is 4.97. The summed E-state index contributed by atoms with van der Waals surface area (Å²) >= 11 is 0. The highest BCUT2D eigenvalue weighted by Crippen LogP contribution is 2.35. The smallest absolute Gasteiger partial charge is 0.0494 e. The molecule has 0 bridgehead atoms. The van der Waals surface area contributed by atoms with Crippen LogP contribution in [-0.2, 0) is 4.74 Å². The maximum absolute atomic E-state index is 5.59. The second-order valence-corrected chi connectivity index (χ2v) is 5.63. The normalized spacial score (nSPS) is 37.4. The topological polar surface area (TPSA) is 21.3 Å². The third kappa shape index (κ3) is 2.54. The van der Waals surface area contributed by atoms with Gasteiger partial charge in [0.25, 0.3) is 0 Å². The molecule has 2 aliphatic heterocycles. The number of rotatable bonds is 3. The molecule has 0 aromatic heterocycles. The summed E-state index contributed by atoms with van der Waals surface area (Å²) in [4.78, 5) is 0. The number of nitrogens with one attached hydrogen (secondary N) is 1. The first-order valence-electron chi connectivity index (χ1n) is 6.56. The SMILES string of the molecule is CC(C)C1(CC2CCCOC2)CCCN1. The van der Waals surface area contributed by atoms with Crippen LogP contribution >= 0.6 is 0 Å². The summed E-state index contributed by atoms with van der Waals surface area (Å²) in [5, 5.41) is 3.76. The first-order chi connectivity index (χ1) is 7.23. The number of hydrogen-bond acceptors (Lipinski definition) is 2. The van der Waals surface area contributed by atoms with Crippen LogP contribution in [0.25, 0.3) is 0 Å². The van der Waals surface area contributed by atoms with E-state index in [0.717, 1.165) is 25.0 Å². The fourth-order valence-electron chi connectivity index (χ4n) is 3.22. The minimum atomic E-state index is 0.422. The van der Waals surface area contributed by atoms with Crippen LogP contribution < -0.4 is 5.32 Å². The Labute approximate surface area is 93.8 Å². The molecule has 0 aliphatic carbocycles. The van der Waals surface area contributed by atoms with E-state index in [1.807, 2.05) is 0 Å². The fourth-order valence-corrected chi connectivity index (χ4v) is 3.22. The summed E-state index contributed by atoms with van der Waals surface area (Å²) in [5.74, 6) is 1.55. The first-order valence-corrected chi connectivity index (χ1v) is 6.56. The van der Waals surface area contributed by atoms with E-state index in [1.54, 1.807) is 0 Å². The lowest BCUT2D eigenvalue weighted by molar-refractivity contribution is 0.0348. The summed E-state index contributed by atoms with van der Waals surface area (Å²) in [6, 6.07) is 0. The number of ether oxygens (including phenoxy) is 1. The van der Waals surface area contributed by atoms with E-state index in [0.29, 0.717) is 5.54 Å². The maximum atomic E-state index is 5.59. The summed E-state index contributed by atoms with van der Waals surface area (Å²) in [6.07, 6.45) is 6.67. The Kier molecular flexibility index (Phi) is 3.68. The van der Waals surface area contributed by atoms with E-state index in [1.165, 1.54) is 38.6 Å². The molecule has 2 nitrogen and oxygen atoms in total. The molecule has 2 atom stereocenters. The summed E-state index contributed by atoms with van der Waals surface area (Å²) in [5.41, 5.74) is 0.422. The van der Waals surface area contributed by atoms with Gasteiger partial charge in [-0.3, -0.25) is 0 Å². The van der Waals surface area contributed by atoms with Gasteiger partial charge in [0.05, 0.1) is 0 Å². The van der Waals surface area contributed by atoms with Gasteiger partial charge in [-0.05, 0) is 50.5 Å². The monoisotopic (exact) mass is 211 g/mol. The minimum absolute atomic E-state index is 0.422. The predicted octanol–water partition coefficient (Wildman–Crippen LogP) is 2.58. The first kappa shape index (κ1) is 11.4. The molecule has 0 spiro atoms. The van der Waals surface area contributed by atoms with E-state index in [-0.39, 0.29) is 0 Å². The quantitative estimate of drug-likeness (QED) is 0.774. The van der Waals surface area contributed by atoms with E-state index in [2.05, 4.69) is 19.2 Å². The molecule has 0 aromatic rings. The Bertz CT molecular complexity index is 191. The summed E-state index contributed by atoms with van der Waals surface area (Å²) in [6.45, 7) is 7.92. The van der Waals surface area contributed by atoms with Crippen molar-refractivity contribution in [3.8, 4) is 0 Å². The van der Waals surface area contributed by atoms with Crippen molar-refractivity contribution in [2.45, 2.75) is 51.5 Å². The van der Waals surface area contributed by atoms with E-state index < -0.39 is 0 Å². The molecule has 2 saturated heterocycles. The summed E-state index contributed by atoms with van der Waals surface area (Å²) in [7, 11) is 0. The van der Waals surface area contributed by atoms with Crippen LogP contribution in [0.1, 0.15) is 46.0 Å². The second kappa shape index (κ2) is 4.84. The van der Waals surface area contributed by atoms with Crippen LogP contribution in [0.2, 0.25) is 0 Å². The lowest BCUT2D eigenvalue weighted by Gasteiger charge is -2.38. The molecule has 0 amide bonds. The molecular formula is C13H25NO. The zero-order valence-electron chi connectivity index (χ0n) is 10.2. The van der Waals surface area contributed by atoms with Gasteiger partial charge in [0.15, 0.2) is 0 Å². The summed E-state index contributed by atoms with van der Waals surface area (Å²) < 4.78 is 5.59. The molecule has 2 fully saturated rings. The third-order valence-electron chi connectivity index (χ3n) is 4.29. The second-order valence-electron chi connectivity index (χ2n) is 5.63. The maximum Gasteiger partial charge on any atom is 0.0494 e. The van der Waals surface area contributed by atoms with Gasteiger partial charge in [-0.2, -0.15) is 0 Å². The van der Waals surface area contributed by atoms with Crippen LogP contribution in [0.3, 0.4) is 0 Å². The largest absolute Gasteiger partial charge is 0.381 e. The molecule has 2 aliphatic rings. The lowest BCUT2D eigenvalue weighted by atomic mass is 9.76. The highest BCUT2D eigenvalue weighted by Gasteiger charge is 2.38. The van der Waals surface area contributed by atoms with Gasteiger partial charge < -0.3 is 10.1 Å². The lowest BCUT2D eigenvalue weighted by Crippen LogP contribution is -2.47. The van der Waals surface area contributed by atoms with Crippen LogP contribution in [0.5, 0.6) is 0 Å². The van der Waals surface area contributed by atoms with E-state index >= 15 is 0 Å². The standard InChI is InChI=1S/C13H25NO/c1-11(2)13(6-4-7-14-13)9-12-5-3-8-15-10-12/h11-12,14H,3-10H2,1-2H3. The van der Waals surface area contributed by atoms with Crippen molar-refractivity contribution in [2.75, 3.05) is 19.8 Å². The van der Waals surface area contributed by atoms with Crippen molar-refractivity contribution in [3.63, 3.8) is 0 Å². The van der Waals surface area contributed by atoms with Gasteiger partial charge in [0.2, 0.25) is 0 Å². The Morgan fingerprint density at radius 1 is 1.40 bits per heavy atom. The zero-order chi connectivity index (χ0) is 10.7. The van der Waals surface area contributed by atoms with Gasteiger partial charge in [-0.25, -0.2) is 0 Å². The Balaban J connectivity index is 1.93. The molecule has 15 heavy (non-hydrogen) atoms. The van der Waals surface area contributed by atoms with Crippen molar-refractivity contribution in [2.24, 2.45) is 11.8 Å². The highest BCUT2D eigenvalue weighted by atomic mass is 16.5. The van der Waals surface area contributed by atoms with Crippen LogP contribution in [0.4, 0.5) is 0 Å². The van der Waals surface area contributed by atoms with Crippen molar-refractivity contribution in [3.05, 3.63) is 0 Å². The van der Waals surface area contributed by atoms with Gasteiger partial charge in [0, 0.05) is 18.8 Å². The van der Waals surface area contributed by atoms with Crippen LogP contribution in [-0.4, -0.2) is 25.3 Å². The molecule has 2 heteroatoms. The van der Waals surface area contributed by atoms with Gasteiger partial charge in [0.1, 0.15) is 0 Å². The Morgan fingerprint density at radius 2 is 2.27 bits per heavy atom.